The van der Waals surface area contributed by atoms with Crippen LogP contribution in [0.3, 0.4) is 0 Å². The Morgan fingerprint density at radius 1 is 0.387 bits per heavy atom. The lowest BCUT2D eigenvalue weighted by Crippen LogP contribution is -2.33. The Kier molecular flexibility index (Phi) is 10.1. The number of anilines is 6. The summed E-state index contributed by atoms with van der Waals surface area (Å²) in [7, 11) is 0. The quantitative estimate of drug-likeness (QED) is 0.152. The summed E-state index contributed by atoms with van der Waals surface area (Å²) in [4.78, 5) is 10.1. The van der Waals surface area contributed by atoms with Gasteiger partial charge in [-0.1, -0.05) is 159 Å². The van der Waals surface area contributed by atoms with Crippen molar-refractivity contribution in [3.05, 3.63) is 294 Å². The molecule has 14 rings (SSSR count). The van der Waals surface area contributed by atoms with E-state index in [0.717, 1.165) is 90.1 Å². The van der Waals surface area contributed by atoms with Crippen molar-refractivity contribution in [3.8, 4) is 56.0 Å². The molecule has 0 radical (unpaired) electrons. The van der Waals surface area contributed by atoms with Gasteiger partial charge < -0.3 is 14.5 Å². The summed E-state index contributed by atoms with van der Waals surface area (Å²) in [5.41, 5.74) is 18.0. The lowest BCUT2D eigenvalue weighted by Gasteiger charge is -2.39. The molecule has 0 bridgehead atoms. The van der Waals surface area contributed by atoms with Crippen LogP contribution in [0, 0.1) is 11.6 Å². The van der Waals surface area contributed by atoms with Gasteiger partial charge >= 0.3 is 0 Å². The molecule has 0 N–H and O–H groups in total. The number of ether oxygens (including phenoxy) is 1. The summed E-state index contributed by atoms with van der Waals surface area (Å²) in [5.74, 6) is 0.926. The highest BCUT2D eigenvalue weighted by Gasteiger charge is 2.55. The van der Waals surface area contributed by atoms with Gasteiger partial charge in [0.05, 0.1) is 11.1 Å². The molecule has 10 aromatic carbocycles. The number of halogens is 2. The molecule has 75 heavy (non-hydrogen) atoms. The minimum Gasteiger partial charge on any atom is -0.455 e. The van der Waals surface area contributed by atoms with Gasteiger partial charge in [0.15, 0.2) is 5.75 Å². The molecule has 0 saturated carbocycles. The van der Waals surface area contributed by atoms with Crippen molar-refractivity contribution in [1.82, 2.24) is 4.98 Å². The predicted octanol–water partition coefficient (Wildman–Crippen LogP) is 18.4. The van der Waals surface area contributed by atoms with Gasteiger partial charge in [-0.25, -0.2) is 8.78 Å². The second kappa shape index (κ2) is 17.1. The molecule has 0 fully saturated rings. The number of hydrogen-bond acceptors (Lipinski definition) is 4. The third-order valence-electron chi connectivity index (χ3n) is 15.7. The molecule has 1 unspecified atom stereocenters. The van der Waals surface area contributed by atoms with Crippen LogP contribution in [0.1, 0.15) is 47.4 Å². The molecule has 3 aliphatic rings. The molecule has 2 aliphatic carbocycles. The van der Waals surface area contributed by atoms with E-state index >= 15 is 8.78 Å². The van der Waals surface area contributed by atoms with Crippen LogP contribution in [0.2, 0.25) is 0 Å². The van der Waals surface area contributed by atoms with E-state index in [9.17, 15) is 0 Å². The Bertz CT molecular complexity index is 4000. The fourth-order valence-electron chi connectivity index (χ4n) is 12.4. The number of para-hydroxylation sites is 3. The van der Waals surface area contributed by atoms with Crippen molar-refractivity contribution < 1.29 is 13.5 Å². The molecule has 1 aromatic heterocycles. The SMILES string of the molecule is CC1(C)c2ccccc2-c2cc3c(c(N(c4ccccc4)c4ccc(-c5ccccc5F)cc4)c21)-c1ccc(N(c2ccccc2)c2ccc(-c4ccccc4F)cc2)cc1C31c2ccccc2Oc2cccnc21. The second-order valence-electron chi connectivity index (χ2n) is 20.1. The van der Waals surface area contributed by atoms with Crippen LogP contribution in [-0.4, -0.2) is 4.98 Å². The number of benzene rings is 10. The molecule has 1 atom stereocenters. The van der Waals surface area contributed by atoms with Crippen molar-refractivity contribution in [2.75, 3.05) is 9.80 Å². The Morgan fingerprint density at radius 2 is 0.893 bits per heavy atom. The van der Waals surface area contributed by atoms with Gasteiger partial charge in [0.25, 0.3) is 0 Å². The van der Waals surface area contributed by atoms with Crippen LogP contribution in [0.25, 0.3) is 44.5 Å². The summed E-state index contributed by atoms with van der Waals surface area (Å²) in [6.45, 7) is 4.70. The standard InChI is InChI=1S/C69H47F2N3O/c1-68(2)56-25-12-9-24-53(56)55-43-59-64(66(65(55)68)74(47-20-7-4-8-21-47)49-37-33-45(34-38-49)52-23-11-15-28-61(52)71)54-40-39-50(42-58(54)69(59)57-26-13-16-29-62(57)75-63-30-17-41-72-67(63)69)73(46-18-5-3-6-19-46)48-35-31-44(32-36-48)51-22-10-14-27-60(51)70/h3-43H,1-2H3. The zero-order chi connectivity index (χ0) is 50.4. The van der Waals surface area contributed by atoms with E-state index in [1.165, 1.54) is 28.8 Å². The van der Waals surface area contributed by atoms with Crippen LogP contribution in [0.15, 0.2) is 249 Å². The summed E-state index contributed by atoms with van der Waals surface area (Å²) in [5, 5.41) is 0. The molecule has 2 heterocycles. The van der Waals surface area contributed by atoms with Crippen LogP contribution < -0.4 is 14.5 Å². The maximum atomic E-state index is 15.4. The summed E-state index contributed by atoms with van der Waals surface area (Å²) in [6, 6.07) is 81.9. The van der Waals surface area contributed by atoms with E-state index in [0.29, 0.717) is 16.9 Å². The largest absolute Gasteiger partial charge is 0.455 e. The highest BCUT2D eigenvalue weighted by Crippen LogP contribution is 2.68. The first-order valence-electron chi connectivity index (χ1n) is 25.4. The van der Waals surface area contributed by atoms with E-state index in [2.05, 4.69) is 169 Å². The van der Waals surface area contributed by atoms with Crippen molar-refractivity contribution in [3.63, 3.8) is 0 Å². The fourth-order valence-corrected chi connectivity index (χ4v) is 12.4. The normalized spacial score (nSPS) is 14.9. The molecule has 6 heteroatoms. The van der Waals surface area contributed by atoms with E-state index in [1.807, 2.05) is 79.0 Å². The molecule has 1 spiro atoms. The molecular weight excluding hydrogens is 925 g/mol. The third-order valence-corrected chi connectivity index (χ3v) is 15.7. The van der Waals surface area contributed by atoms with E-state index < -0.39 is 10.8 Å². The molecule has 0 saturated heterocycles. The lowest BCUT2D eigenvalue weighted by atomic mass is 9.67. The van der Waals surface area contributed by atoms with Gasteiger partial charge in [0.2, 0.25) is 0 Å². The van der Waals surface area contributed by atoms with Gasteiger partial charge in [-0.05, 0) is 147 Å². The zero-order valence-corrected chi connectivity index (χ0v) is 41.2. The number of fused-ring (bicyclic) bond motifs is 12. The summed E-state index contributed by atoms with van der Waals surface area (Å²) >= 11 is 0. The number of hydrogen-bond donors (Lipinski definition) is 0. The van der Waals surface area contributed by atoms with E-state index in [-0.39, 0.29) is 11.6 Å². The highest BCUT2D eigenvalue weighted by atomic mass is 19.1. The van der Waals surface area contributed by atoms with Crippen LogP contribution in [-0.2, 0) is 10.8 Å². The van der Waals surface area contributed by atoms with Gasteiger partial charge in [-0.3, -0.25) is 4.98 Å². The lowest BCUT2D eigenvalue weighted by molar-refractivity contribution is 0.429. The number of rotatable bonds is 8. The predicted molar refractivity (Wildman–Crippen MR) is 299 cm³/mol. The highest BCUT2D eigenvalue weighted by molar-refractivity contribution is 6.05. The first-order chi connectivity index (χ1) is 36.8. The zero-order valence-electron chi connectivity index (χ0n) is 41.2. The smallest absolute Gasteiger partial charge is 0.150 e. The van der Waals surface area contributed by atoms with Crippen molar-refractivity contribution in [2.24, 2.45) is 0 Å². The summed E-state index contributed by atoms with van der Waals surface area (Å²) in [6.07, 6.45) is 1.88. The minimum atomic E-state index is -0.980. The first kappa shape index (κ1) is 44.3. The average molecular weight is 972 g/mol. The minimum absolute atomic E-state index is 0.262. The number of pyridine rings is 1. The topological polar surface area (TPSA) is 28.6 Å². The van der Waals surface area contributed by atoms with Crippen molar-refractivity contribution in [2.45, 2.75) is 24.7 Å². The Labute approximate surface area is 435 Å². The maximum absolute atomic E-state index is 15.4. The van der Waals surface area contributed by atoms with Gasteiger partial charge in [-0.15, -0.1) is 0 Å². The molecule has 11 aromatic rings. The molecule has 4 nitrogen and oxygen atoms in total. The summed E-state index contributed by atoms with van der Waals surface area (Å²) < 4.78 is 37.5. The van der Waals surface area contributed by atoms with Crippen molar-refractivity contribution >= 4 is 34.1 Å². The number of nitrogens with zero attached hydrogens (tertiary/aromatic N) is 3. The Morgan fingerprint density at radius 3 is 1.53 bits per heavy atom. The first-order valence-corrected chi connectivity index (χ1v) is 25.4. The molecule has 0 amide bonds. The van der Waals surface area contributed by atoms with Crippen molar-refractivity contribution in [1.29, 1.82) is 0 Å². The van der Waals surface area contributed by atoms with Gasteiger partial charge in [-0.2, -0.15) is 0 Å². The number of aromatic nitrogens is 1. The van der Waals surface area contributed by atoms with E-state index in [1.54, 1.807) is 12.1 Å². The second-order valence-corrected chi connectivity index (χ2v) is 20.1. The molecule has 1 aliphatic heterocycles. The average Bonchev–Trinajstić information content (AvgIpc) is 4.13. The molecular formula is C69H47F2N3O. The van der Waals surface area contributed by atoms with Gasteiger partial charge in [0, 0.05) is 62.3 Å². The molecule has 358 valence electrons. The van der Waals surface area contributed by atoms with Crippen LogP contribution in [0.4, 0.5) is 42.9 Å². The van der Waals surface area contributed by atoms with Crippen LogP contribution >= 0.6 is 0 Å². The van der Waals surface area contributed by atoms with E-state index in [4.69, 9.17) is 9.72 Å². The fraction of sp³-hybridized carbons (Fsp3) is 0.0580. The Hall–Kier alpha value is -9.39. The van der Waals surface area contributed by atoms with Gasteiger partial charge in [0.1, 0.15) is 23.1 Å². The maximum Gasteiger partial charge on any atom is 0.150 e. The third kappa shape index (κ3) is 6.69. The monoisotopic (exact) mass is 971 g/mol. The Balaban J connectivity index is 1.09. The van der Waals surface area contributed by atoms with Crippen LogP contribution in [0.5, 0.6) is 11.5 Å².